The topological polar surface area (TPSA) is 66.1 Å². The fourth-order valence-electron chi connectivity index (χ4n) is 3.71. The van der Waals surface area contributed by atoms with Gasteiger partial charge in [0, 0.05) is 5.69 Å². The highest BCUT2D eigenvalue weighted by Crippen LogP contribution is 2.35. The van der Waals surface area contributed by atoms with Crippen LogP contribution in [-0.4, -0.2) is 18.2 Å². The second-order valence-electron chi connectivity index (χ2n) is 7.77. The average molecular weight is 411 g/mol. The van der Waals surface area contributed by atoms with Gasteiger partial charge < -0.3 is 4.72 Å². The smallest absolute Gasteiger partial charge is 0.123 e. The number of aromatic nitrogens is 2. The molecular weight excluding hydrogens is 382 g/mol. The SMILES string of the molecule is Cc1cc(C)n(Cc2ccc([N-]S(=O)(=O)c3c(C)c(C)c(C)c(C)c3C)cc2)n1. The Labute approximate surface area is 173 Å². The lowest BCUT2D eigenvalue weighted by molar-refractivity contribution is 0.601. The second kappa shape index (κ2) is 7.67. The average Bonchev–Trinajstić information content (AvgIpc) is 2.96. The summed E-state index contributed by atoms with van der Waals surface area (Å²) in [5, 5.41) is 4.47. The maximum absolute atomic E-state index is 13.1. The summed E-state index contributed by atoms with van der Waals surface area (Å²) in [6, 6.07) is 9.33. The predicted molar refractivity (Wildman–Crippen MR) is 118 cm³/mol. The molecule has 2 aromatic carbocycles. The molecule has 1 heterocycles. The third-order valence-electron chi connectivity index (χ3n) is 5.79. The van der Waals surface area contributed by atoms with Crippen LogP contribution in [0, 0.1) is 48.5 Å². The molecule has 6 heteroatoms. The van der Waals surface area contributed by atoms with Gasteiger partial charge in [0.2, 0.25) is 0 Å². The molecule has 0 atom stereocenters. The van der Waals surface area contributed by atoms with Gasteiger partial charge >= 0.3 is 0 Å². The Balaban J connectivity index is 1.87. The maximum atomic E-state index is 13.1. The van der Waals surface area contributed by atoms with E-state index in [9.17, 15) is 8.42 Å². The zero-order chi connectivity index (χ0) is 21.5. The Hall–Kier alpha value is -2.60. The monoisotopic (exact) mass is 410 g/mol. The summed E-state index contributed by atoms with van der Waals surface area (Å²) in [7, 11) is -3.80. The Kier molecular flexibility index (Phi) is 5.59. The summed E-state index contributed by atoms with van der Waals surface area (Å²) in [5.41, 5.74) is 8.23. The van der Waals surface area contributed by atoms with E-state index in [2.05, 4.69) is 9.82 Å². The fraction of sp³-hybridized carbons (Fsp3) is 0.348. The van der Waals surface area contributed by atoms with Crippen LogP contribution in [0.25, 0.3) is 4.72 Å². The molecule has 0 fully saturated rings. The normalized spacial score (nSPS) is 11.7. The van der Waals surface area contributed by atoms with Gasteiger partial charge in [-0.05, 0) is 87.9 Å². The number of hydrogen-bond acceptors (Lipinski definition) is 3. The van der Waals surface area contributed by atoms with E-state index in [4.69, 9.17) is 0 Å². The van der Waals surface area contributed by atoms with Crippen molar-refractivity contribution in [1.29, 1.82) is 0 Å². The number of rotatable bonds is 5. The molecule has 154 valence electrons. The molecule has 0 aliphatic carbocycles. The van der Waals surface area contributed by atoms with Gasteiger partial charge in [-0.1, -0.05) is 24.3 Å². The van der Waals surface area contributed by atoms with Gasteiger partial charge in [-0.15, -0.1) is 5.69 Å². The van der Waals surface area contributed by atoms with Crippen LogP contribution in [0.15, 0.2) is 35.2 Å². The van der Waals surface area contributed by atoms with Crippen molar-refractivity contribution in [1.82, 2.24) is 9.78 Å². The Morgan fingerprint density at radius 1 is 0.828 bits per heavy atom. The molecule has 29 heavy (non-hydrogen) atoms. The fourth-order valence-corrected chi connectivity index (χ4v) is 5.28. The second-order valence-corrected chi connectivity index (χ2v) is 9.31. The van der Waals surface area contributed by atoms with Crippen LogP contribution in [0.4, 0.5) is 5.69 Å². The Morgan fingerprint density at radius 3 is 1.83 bits per heavy atom. The first-order chi connectivity index (χ1) is 13.5. The van der Waals surface area contributed by atoms with Crippen molar-refractivity contribution >= 4 is 15.7 Å². The molecule has 0 unspecified atom stereocenters. The van der Waals surface area contributed by atoms with Crippen molar-refractivity contribution in [2.75, 3.05) is 0 Å². The molecule has 0 amide bonds. The molecule has 5 nitrogen and oxygen atoms in total. The number of nitrogens with zero attached hydrogens (tertiary/aromatic N) is 3. The lowest BCUT2D eigenvalue weighted by Gasteiger charge is -2.27. The zero-order valence-corrected chi connectivity index (χ0v) is 19.0. The van der Waals surface area contributed by atoms with Gasteiger partial charge in [0.15, 0.2) is 0 Å². The van der Waals surface area contributed by atoms with Gasteiger partial charge in [0.1, 0.15) is 10.0 Å². The molecule has 3 rings (SSSR count). The third kappa shape index (κ3) is 4.08. The van der Waals surface area contributed by atoms with E-state index in [1.54, 1.807) is 12.1 Å². The Morgan fingerprint density at radius 2 is 1.34 bits per heavy atom. The van der Waals surface area contributed by atoms with Crippen molar-refractivity contribution in [3.63, 3.8) is 0 Å². The number of benzene rings is 2. The molecule has 1 aromatic heterocycles. The van der Waals surface area contributed by atoms with Crippen molar-refractivity contribution in [3.8, 4) is 0 Å². The van der Waals surface area contributed by atoms with E-state index < -0.39 is 10.0 Å². The first-order valence-corrected chi connectivity index (χ1v) is 11.1. The summed E-state index contributed by atoms with van der Waals surface area (Å²) in [6.07, 6.45) is 0. The predicted octanol–water partition coefficient (Wildman–Crippen LogP) is 5.48. The molecule has 0 radical (unpaired) electrons. The van der Waals surface area contributed by atoms with Gasteiger partial charge in [0.05, 0.1) is 17.1 Å². The van der Waals surface area contributed by atoms with Crippen LogP contribution in [0.1, 0.15) is 44.8 Å². The maximum Gasteiger partial charge on any atom is 0.123 e. The molecule has 0 bridgehead atoms. The van der Waals surface area contributed by atoms with Crippen molar-refractivity contribution in [3.05, 3.63) is 79.8 Å². The third-order valence-corrected chi connectivity index (χ3v) is 7.37. The molecule has 0 aliphatic heterocycles. The lowest BCUT2D eigenvalue weighted by atomic mass is 9.95. The highest BCUT2D eigenvalue weighted by Gasteiger charge is 2.18. The van der Waals surface area contributed by atoms with E-state index >= 15 is 0 Å². The Bertz CT molecular complexity index is 1140. The number of sulfonamides is 1. The zero-order valence-electron chi connectivity index (χ0n) is 18.2. The summed E-state index contributed by atoms with van der Waals surface area (Å²) in [4.78, 5) is 0.324. The van der Waals surface area contributed by atoms with Crippen molar-refractivity contribution < 1.29 is 8.42 Å². The van der Waals surface area contributed by atoms with Gasteiger partial charge in [-0.25, -0.2) is 8.42 Å². The van der Waals surface area contributed by atoms with Crippen LogP contribution >= 0.6 is 0 Å². The minimum atomic E-state index is -3.80. The summed E-state index contributed by atoms with van der Waals surface area (Å²) < 4.78 is 32.3. The van der Waals surface area contributed by atoms with Gasteiger partial charge in [-0.2, -0.15) is 5.10 Å². The van der Waals surface area contributed by atoms with Crippen molar-refractivity contribution in [2.45, 2.75) is 59.9 Å². The van der Waals surface area contributed by atoms with Crippen LogP contribution in [-0.2, 0) is 16.6 Å². The van der Waals surface area contributed by atoms with Crippen LogP contribution in [0.5, 0.6) is 0 Å². The molecule has 0 spiro atoms. The quantitative estimate of drug-likeness (QED) is 0.559. The van der Waals surface area contributed by atoms with E-state index in [0.29, 0.717) is 17.1 Å². The van der Waals surface area contributed by atoms with E-state index in [1.165, 1.54) is 0 Å². The van der Waals surface area contributed by atoms with E-state index in [0.717, 1.165) is 44.8 Å². The molecular formula is C23H28N3O2S-. The molecule has 3 aromatic rings. The number of aryl methyl sites for hydroxylation is 2. The standard InChI is InChI=1S/C23H28N3O2S/c1-14-12-15(2)26(24-14)13-21-8-10-22(11-9-21)25-29(27,28)23-19(6)17(4)16(3)18(5)20(23)7/h8-12H,13H2,1-7H3/q-1. The lowest BCUT2D eigenvalue weighted by Crippen LogP contribution is -2.08. The number of hydrogen-bond donors (Lipinski definition) is 0. The summed E-state index contributed by atoms with van der Waals surface area (Å²) in [5.74, 6) is 0. The van der Waals surface area contributed by atoms with E-state index in [-0.39, 0.29) is 0 Å². The highest BCUT2D eigenvalue weighted by atomic mass is 32.2. The minimum Gasteiger partial charge on any atom is -0.573 e. The minimum absolute atomic E-state index is 0.324. The largest absolute Gasteiger partial charge is 0.573 e. The molecule has 0 saturated heterocycles. The molecule has 0 N–H and O–H groups in total. The van der Waals surface area contributed by atoms with Crippen molar-refractivity contribution in [2.24, 2.45) is 0 Å². The van der Waals surface area contributed by atoms with Gasteiger partial charge in [0.25, 0.3) is 0 Å². The summed E-state index contributed by atoms with van der Waals surface area (Å²) >= 11 is 0. The highest BCUT2D eigenvalue weighted by molar-refractivity contribution is 7.94. The molecule has 0 aliphatic rings. The van der Waals surface area contributed by atoms with Crippen LogP contribution in [0.2, 0.25) is 0 Å². The molecule has 0 saturated carbocycles. The first kappa shape index (κ1) is 21.1. The van der Waals surface area contributed by atoms with Crippen LogP contribution in [0.3, 0.4) is 0 Å². The van der Waals surface area contributed by atoms with E-state index in [1.807, 2.05) is 71.3 Å². The van der Waals surface area contributed by atoms with Gasteiger partial charge in [-0.3, -0.25) is 4.68 Å². The first-order valence-electron chi connectivity index (χ1n) is 9.66. The summed E-state index contributed by atoms with van der Waals surface area (Å²) in [6.45, 7) is 14.3. The van der Waals surface area contributed by atoms with Crippen LogP contribution < -0.4 is 0 Å².